The number of hydrogen-bond acceptors (Lipinski definition) is 9. The summed E-state index contributed by atoms with van der Waals surface area (Å²) < 4.78 is 0. The predicted octanol–water partition coefficient (Wildman–Crippen LogP) is 16.4. The van der Waals surface area contributed by atoms with E-state index >= 15 is 0 Å². The first kappa shape index (κ1) is 47.2. The van der Waals surface area contributed by atoms with Crippen molar-refractivity contribution in [3.05, 3.63) is 252 Å². The molecule has 10 aromatic rings. The number of nitrogens with zero attached hydrogens (tertiary/aromatic N) is 6. The summed E-state index contributed by atoms with van der Waals surface area (Å²) in [6, 6.07) is 80.4. The van der Waals surface area contributed by atoms with Gasteiger partial charge in [-0.2, -0.15) is 15.8 Å². The third-order valence-electron chi connectivity index (χ3n) is 12.0. The lowest BCUT2D eigenvalue weighted by molar-refractivity contribution is 1.11. The zero-order valence-electron chi connectivity index (χ0n) is 38.8. The number of nitriles is 3. The minimum Gasteiger partial charge on any atom is -0.240 e. The van der Waals surface area contributed by atoms with E-state index in [1.807, 2.05) is 200 Å². The second-order valence-electron chi connectivity index (χ2n) is 16.8. The van der Waals surface area contributed by atoms with Crippen LogP contribution >= 0.6 is 35.3 Å². The normalized spacial score (nSPS) is 10.8. The Bertz CT molecular complexity index is 3250. The van der Waals surface area contributed by atoms with E-state index in [4.69, 9.17) is 15.0 Å². The van der Waals surface area contributed by atoms with Crippen LogP contribution in [0.25, 0.3) is 67.2 Å². The predicted molar refractivity (Wildman–Crippen MR) is 295 cm³/mol. The van der Waals surface area contributed by atoms with Crippen molar-refractivity contribution >= 4 is 35.3 Å². The molecule has 0 spiro atoms. The molecule has 10 rings (SSSR count). The van der Waals surface area contributed by atoms with Gasteiger partial charge in [0.2, 0.25) is 0 Å². The molecule has 6 nitrogen and oxygen atoms in total. The largest absolute Gasteiger partial charge is 0.240 e. The average molecular weight is 979 g/mol. The van der Waals surface area contributed by atoms with E-state index in [0.29, 0.717) is 49.0 Å². The molecule has 0 aliphatic carbocycles. The lowest BCUT2D eigenvalue weighted by Gasteiger charge is -2.15. The van der Waals surface area contributed by atoms with Crippen LogP contribution in [0.3, 0.4) is 0 Å². The Morgan fingerprint density at radius 2 is 0.514 bits per heavy atom. The molecule has 7 aromatic carbocycles. The molecule has 3 aromatic heterocycles. The van der Waals surface area contributed by atoms with Crippen LogP contribution in [-0.4, -0.2) is 15.0 Å². The Hall–Kier alpha value is -8.49. The van der Waals surface area contributed by atoms with E-state index in [1.54, 1.807) is 35.3 Å². The van der Waals surface area contributed by atoms with Gasteiger partial charge < -0.3 is 0 Å². The van der Waals surface area contributed by atoms with Crippen molar-refractivity contribution in [2.24, 2.45) is 0 Å². The molecule has 0 aliphatic rings. The molecule has 0 amide bonds. The molecular weight excluding hydrogens is 937 g/mol. The molecule has 0 saturated carbocycles. The van der Waals surface area contributed by atoms with Gasteiger partial charge in [-0.05, 0) is 51.6 Å². The molecule has 342 valence electrons. The van der Waals surface area contributed by atoms with Gasteiger partial charge in [0.25, 0.3) is 0 Å². The van der Waals surface area contributed by atoms with Crippen molar-refractivity contribution in [1.82, 2.24) is 15.0 Å². The summed E-state index contributed by atoms with van der Waals surface area (Å²) in [7, 11) is 0. The molecule has 0 saturated heterocycles. The molecular formula is C63H42N6S3. The molecule has 3 heterocycles. The van der Waals surface area contributed by atoms with E-state index in [-0.39, 0.29) is 0 Å². The standard InChI is InChI=1S/C63H42N6S3/c64-37-55-52(46-19-7-1-8-20-46)34-58(49-25-13-4-14-26-49)67-61(55)70-40-43-31-44(41-71-62-56(38-65)53(47-21-9-2-10-22-47)35-59(68-62)50-27-15-5-16-28-50)33-45(32-43)42-72-63-57(39-66)54(48-23-11-3-12-24-48)36-60(69-63)51-29-17-6-18-30-51/h1-36H,40-42H2. The first-order chi connectivity index (χ1) is 35.5. The number of thioether (sulfide) groups is 3. The van der Waals surface area contributed by atoms with Crippen molar-refractivity contribution in [1.29, 1.82) is 15.8 Å². The van der Waals surface area contributed by atoms with Gasteiger partial charge in [0, 0.05) is 50.6 Å². The highest BCUT2D eigenvalue weighted by Crippen LogP contribution is 2.40. The maximum atomic E-state index is 10.8. The van der Waals surface area contributed by atoms with Crippen molar-refractivity contribution < 1.29 is 0 Å². The smallest absolute Gasteiger partial charge is 0.115 e. The topological polar surface area (TPSA) is 110 Å². The highest BCUT2D eigenvalue weighted by Gasteiger charge is 2.20. The summed E-state index contributed by atoms with van der Waals surface area (Å²) in [6.07, 6.45) is 0. The fourth-order valence-corrected chi connectivity index (χ4v) is 11.4. The van der Waals surface area contributed by atoms with Crippen LogP contribution in [0.4, 0.5) is 0 Å². The van der Waals surface area contributed by atoms with Crippen LogP contribution in [-0.2, 0) is 17.3 Å². The van der Waals surface area contributed by atoms with Crippen LogP contribution in [0.2, 0.25) is 0 Å². The molecule has 0 radical (unpaired) electrons. The van der Waals surface area contributed by atoms with Crippen molar-refractivity contribution in [3.8, 4) is 85.4 Å². The van der Waals surface area contributed by atoms with Gasteiger partial charge in [-0.25, -0.2) is 15.0 Å². The van der Waals surface area contributed by atoms with Crippen LogP contribution < -0.4 is 0 Å². The van der Waals surface area contributed by atoms with E-state index in [2.05, 4.69) is 36.4 Å². The molecule has 0 unspecified atom stereocenters. The lowest BCUT2D eigenvalue weighted by atomic mass is 9.99. The second kappa shape index (κ2) is 22.5. The van der Waals surface area contributed by atoms with Crippen LogP contribution in [0.5, 0.6) is 0 Å². The zero-order chi connectivity index (χ0) is 49.1. The fourth-order valence-electron chi connectivity index (χ4n) is 8.55. The van der Waals surface area contributed by atoms with Crippen molar-refractivity contribution in [2.45, 2.75) is 32.3 Å². The number of rotatable bonds is 15. The minimum atomic E-state index is 0.525. The second-order valence-corrected chi connectivity index (χ2v) is 19.7. The zero-order valence-corrected chi connectivity index (χ0v) is 41.3. The summed E-state index contributed by atoms with van der Waals surface area (Å²) >= 11 is 4.62. The summed E-state index contributed by atoms with van der Waals surface area (Å²) in [4.78, 5) is 15.4. The third-order valence-corrected chi connectivity index (χ3v) is 15.1. The maximum absolute atomic E-state index is 10.8. The van der Waals surface area contributed by atoms with Crippen molar-refractivity contribution in [2.75, 3.05) is 0 Å². The SMILES string of the molecule is N#Cc1c(-c2ccccc2)cc(-c2ccccc2)nc1SCc1cc(CSc2nc(-c3ccccc3)cc(-c3ccccc3)c2C#N)cc(CSc2nc(-c3ccccc3)cc(-c3ccccc3)c2C#N)c1. The van der Waals surface area contributed by atoms with Crippen molar-refractivity contribution in [3.63, 3.8) is 0 Å². The molecule has 0 atom stereocenters. The highest BCUT2D eigenvalue weighted by atomic mass is 32.2. The Balaban J connectivity index is 1.04. The summed E-state index contributed by atoms with van der Waals surface area (Å²) in [5.41, 5.74) is 15.3. The first-order valence-electron chi connectivity index (χ1n) is 23.2. The average Bonchev–Trinajstić information content (AvgIpc) is 3.46. The number of pyridine rings is 3. The molecule has 0 N–H and O–H groups in total. The molecule has 9 heteroatoms. The highest BCUT2D eigenvalue weighted by molar-refractivity contribution is 7.99. The molecule has 0 fully saturated rings. The van der Waals surface area contributed by atoms with E-state index in [0.717, 1.165) is 83.8 Å². The number of hydrogen-bond donors (Lipinski definition) is 0. The Morgan fingerprint density at radius 1 is 0.292 bits per heavy atom. The summed E-state index contributed by atoms with van der Waals surface area (Å²) in [5, 5.41) is 34.2. The lowest BCUT2D eigenvalue weighted by Crippen LogP contribution is -1.98. The van der Waals surface area contributed by atoms with E-state index in [9.17, 15) is 15.8 Å². The number of benzene rings is 7. The Kier molecular flexibility index (Phi) is 14.8. The Labute approximate surface area is 432 Å². The monoisotopic (exact) mass is 978 g/mol. The van der Waals surface area contributed by atoms with Crippen LogP contribution in [0.15, 0.2) is 233 Å². The van der Waals surface area contributed by atoms with Gasteiger partial charge in [-0.15, -0.1) is 35.3 Å². The molecule has 72 heavy (non-hydrogen) atoms. The van der Waals surface area contributed by atoms with Gasteiger partial charge in [-0.1, -0.05) is 200 Å². The van der Waals surface area contributed by atoms with Crippen LogP contribution in [0.1, 0.15) is 33.4 Å². The molecule has 0 aliphatic heterocycles. The third kappa shape index (κ3) is 10.8. The Morgan fingerprint density at radius 3 is 0.736 bits per heavy atom. The summed E-state index contributed by atoms with van der Waals surface area (Å²) in [6.45, 7) is 0. The first-order valence-corrected chi connectivity index (χ1v) is 26.2. The van der Waals surface area contributed by atoms with Gasteiger partial charge in [0.15, 0.2) is 0 Å². The fraction of sp³-hybridized carbons (Fsp3) is 0.0476. The van der Waals surface area contributed by atoms with Gasteiger partial charge >= 0.3 is 0 Å². The molecule has 0 bridgehead atoms. The summed E-state index contributed by atoms with van der Waals surface area (Å²) in [5.74, 6) is 1.57. The van der Waals surface area contributed by atoms with Crippen LogP contribution in [0, 0.1) is 34.0 Å². The minimum absolute atomic E-state index is 0.525. The van der Waals surface area contributed by atoms with E-state index in [1.165, 1.54) is 0 Å². The quantitative estimate of drug-likeness (QED) is 0.0927. The van der Waals surface area contributed by atoms with Gasteiger partial charge in [-0.3, -0.25) is 0 Å². The maximum Gasteiger partial charge on any atom is 0.115 e. The van der Waals surface area contributed by atoms with Gasteiger partial charge in [0.1, 0.15) is 33.3 Å². The van der Waals surface area contributed by atoms with E-state index < -0.39 is 0 Å². The number of aromatic nitrogens is 3. The van der Waals surface area contributed by atoms with Gasteiger partial charge in [0.05, 0.1) is 33.8 Å².